The fraction of sp³-hybridized carbons (Fsp3) is 0.500. The van der Waals surface area contributed by atoms with Crippen molar-refractivity contribution in [3.63, 3.8) is 0 Å². The van der Waals surface area contributed by atoms with Crippen molar-refractivity contribution in [2.45, 2.75) is 38.5 Å². The predicted molar refractivity (Wildman–Crippen MR) is 54.4 cm³/mol. The van der Waals surface area contributed by atoms with Crippen LogP contribution in [0, 0.1) is 6.92 Å². The summed E-state index contributed by atoms with van der Waals surface area (Å²) in [5, 5.41) is 0. The van der Waals surface area contributed by atoms with Gasteiger partial charge in [0.1, 0.15) is 5.75 Å². The number of alkyl halides is 3. The molecule has 0 amide bonds. The summed E-state index contributed by atoms with van der Waals surface area (Å²) in [6.07, 6.45) is -1.64. The molecule has 0 heterocycles. The highest BCUT2D eigenvalue weighted by Gasteiger charge is 2.35. The molecular weight excluding hydrogens is 217 g/mol. The average Bonchev–Trinajstić information content (AvgIpc) is 2.11. The first-order valence-electron chi connectivity index (χ1n) is 5.31. The predicted octanol–water partition coefficient (Wildman–Crippen LogP) is 3.95. The Morgan fingerprint density at radius 2 is 1.94 bits per heavy atom. The molecule has 0 aromatic heterocycles. The van der Waals surface area contributed by atoms with Crippen LogP contribution in [0.4, 0.5) is 13.2 Å². The number of rotatable bonds is 2. The molecule has 0 aliphatic heterocycles. The quantitative estimate of drug-likeness (QED) is 0.747. The van der Waals surface area contributed by atoms with E-state index in [0.717, 1.165) is 25.3 Å². The molecule has 4 heteroatoms. The molecule has 0 N–H and O–H groups in total. The standard InChI is InChI=1S/C12H13F3O/c1-8-5-6-11(16-9-3-2-4-9)10(7-8)12(13,14)15/h5-7,9H,2-4H2,1H3. The summed E-state index contributed by atoms with van der Waals surface area (Å²) in [6.45, 7) is 1.64. The third-order valence-corrected chi connectivity index (χ3v) is 2.79. The van der Waals surface area contributed by atoms with Gasteiger partial charge in [0.05, 0.1) is 11.7 Å². The summed E-state index contributed by atoms with van der Waals surface area (Å²) < 4.78 is 43.5. The minimum absolute atomic E-state index is 0.0381. The Morgan fingerprint density at radius 3 is 2.44 bits per heavy atom. The SMILES string of the molecule is Cc1ccc(OC2CCC2)c(C(F)(F)F)c1. The van der Waals surface area contributed by atoms with Gasteiger partial charge >= 0.3 is 6.18 Å². The van der Waals surface area contributed by atoms with Crippen LogP contribution in [0.2, 0.25) is 0 Å². The van der Waals surface area contributed by atoms with Crippen LogP contribution in [-0.2, 0) is 6.18 Å². The molecule has 1 saturated carbocycles. The van der Waals surface area contributed by atoms with Gasteiger partial charge in [0.2, 0.25) is 0 Å². The summed E-state index contributed by atoms with van der Waals surface area (Å²) in [7, 11) is 0. The highest BCUT2D eigenvalue weighted by molar-refractivity contribution is 5.39. The number of halogens is 3. The number of ether oxygens (including phenoxy) is 1. The monoisotopic (exact) mass is 230 g/mol. The smallest absolute Gasteiger partial charge is 0.419 e. The van der Waals surface area contributed by atoms with Gasteiger partial charge in [0.15, 0.2) is 0 Å². The Morgan fingerprint density at radius 1 is 1.25 bits per heavy atom. The molecule has 1 aliphatic carbocycles. The third-order valence-electron chi connectivity index (χ3n) is 2.79. The lowest BCUT2D eigenvalue weighted by atomic mass is 9.96. The van der Waals surface area contributed by atoms with Crippen molar-refractivity contribution in [2.24, 2.45) is 0 Å². The normalized spacial score (nSPS) is 17.0. The zero-order valence-corrected chi connectivity index (χ0v) is 8.97. The number of hydrogen-bond acceptors (Lipinski definition) is 1. The lowest BCUT2D eigenvalue weighted by Gasteiger charge is -2.27. The molecule has 1 aromatic rings. The van der Waals surface area contributed by atoms with Crippen LogP contribution < -0.4 is 4.74 Å². The molecular formula is C12H13F3O. The van der Waals surface area contributed by atoms with Crippen LogP contribution in [0.15, 0.2) is 18.2 Å². The largest absolute Gasteiger partial charge is 0.490 e. The molecule has 1 fully saturated rings. The maximum absolute atomic E-state index is 12.7. The second kappa shape index (κ2) is 4.00. The van der Waals surface area contributed by atoms with Gasteiger partial charge < -0.3 is 4.74 Å². The molecule has 0 bridgehead atoms. The molecule has 0 atom stereocenters. The van der Waals surface area contributed by atoms with Gasteiger partial charge in [-0.1, -0.05) is 11.6 Å². The van der Waals surface area contributed by atoms with E-state index in [-0.39, 0.29) is 11.9 Å². The molecule has 2 rings (SSSR count). The maximum atomic E-state index is 12.7. The molecule has 1 aromatic carbocycles. The van der Waals surface area contributed by atoms with E-state index >= 15 is 0 Å². The Kier molecular flexibility index (Phi) is 2.82. The van der Waals surface area contributed by atoms with Crippen molar-refractivity contribution in [3.8, 4) is 5.75 Å². The van der Waals surface area contributed by atoms with Crippen LogP contribution in [0.3, 0.4) is 0 Å². The van der Waals surface area contributed by atoms with Gasteiger partial charge in [-0.3, -0.25) is 0 Å². The van der Waals surface area contributed by atoms with Gasteiger partial charge in [-0.2, -0.15) is 13.2 Å². The Labute approximate surface area is 92.2 Å². The summed E-state index contributed by atoms with van der Waals surface area (Å²) in [5.41, 5.74) is -0.0762. The first-order valence-corrected chi connectivity index (χ1v) is 5.31. The highest BCUT2D eigenvalue weighted by atomic mass is 19.4. The first-order chi connectivity index (χ1) is 7.47. The molecule has 0 unspecified atom stereocenters. The summed E-state index contributed by atoms with van der Waals surface area (Å²) in [6, 6.07) is 4.19. The molecule has 0 spiro atoms. The van der Waals surface area contributed by atoms with Gasteiger partial charge in [-0.05, 0) is 38.3 Å². The van der Waals surface area contributed by atoms with Crippen LogP contribution in [0.25, 0.3) is 0 Å². The van der Waals surface area contributed by atoms with Crippen LogP contribution in [-0.4, -0.2) is 6.10 Å². The molecule has 0 radical (unpaired) electrons. The second-order valence-corrected chi connectivity index (χ2v) is 4.17. The van der Waals surface area contributed by atoms with Gasteiger partial charge in [-0.25, -0.2) is 0 Å². The van der Waals surface area contributed by atoms with Crippen LogP contribution in [0.1, 0.15) is 30.4 Å². The number of benzene rings is 1. The highest BCUT2D eigenvalue weighted by Crippen LogP contribution is 2.38. The van der Waals surface area contributed by atoms with Crippen molar-refractivity contribution in [1.82, 2.24) is 0 Å². The van der Waals surface area contributed by atoms with E-state index in [0.29, 0.717) is 5.56 Å². The van der Waals surface area contributed by atoms with Gasteiger partial charge in [-0.15, -0.1) is 0 Å². The minimum Gasteiger partial charge on any atom is -0.490 e. The Balaban J connectivity index is 2.28. The average molecular weight is 230 g/mol. The summed E-state index contributed by atoms with van der Waals surface area (Å²) in [5.74, 6) is -0.0391. The zero-order valence-electron chi connectivity index (χ0n) is 8.97. The fourth-order valence-electron chi connectivity index (χ4n) is 1.64. The Bertz CT molecular complexity index is 380. The minimum atomic E-state index is -4.34. The van der Waals surface area contributed by atoms with E-state index in [2.05, 4.69) is 0 Å². The molecule has 0 saturated heterocycles. The van der Waals surface area contributed by atoms with Crippen molar-refractivity contribution >= 4 is 0 Å². The van der Waals surface area contributed by atoms with Crippen molar-refractivity contribution in [2.75, 3.05) is 0 Å². The lowest BCUT2D eigenvalue weighted by molar-refractivity contribution is -0.139. The first kappa shape index (κ1) is 11.3. The van der Waals surface area contributed by atoms with Crippen LogP contribution in [0.5, 0.6) is 5.75 Å². The summed E-state index contributed by atoms with van der Waals surface area (Å²) >= 11 is 0. The van der Waals surface area contributed by atoms with Crippen molar-refractivity contribution in [3.05, 3.63) is 29.3 Å². The topological polar surface area (TPSA) is 9.23 Å². The fourth-order valence-corrected chi connectivity index (χ4v) is 1.64. The number of hydrogen-bond donors (Lipinski definition) is 0. The Hall–Kier alpha value is -1.19. The number of aryl methyl sites for hydroxylation is 1. The van der Waals surface area contributed by atoms with E-state index in [4.69, 9.17) is 4.74 Å². The molecule has 1 nitrogen and oxygen atoms in total. The second-order valence-electron chi connectivity index (χ2n) is 4.17. The zero-order chi connectivity index (χ0) is 11.8. The van der Waals surface area contributed by atoms with Crippen molar-refractivity contribution in [1.29, 1.82) is 0 Å². The molecule has 1 aliphatic rings. The van der Waals surface area contributed by atoms with Gasteiger partial charge in [0.25, 0.3) is 0 Å². The van der Waals surface area contributed by atoms with E-state index in [1.165, 1.54) is 6.07 Å². The summed E-state index contributed by atoms with van der Waals surface area (Å²) in [4.78, 5) is 0. The van der Waals surface area contributed by atoms with Crippen LogP contribution >= 0.6 is 0 Å². The van der Waals surface area contributed by atoms with Gasteiger partial charge in [0, 0.05) is 0 Å². The maximum Gasteiger partial charge on any atom is 0.419 e. The van der Waals surface area contributed by atoms with E-state index in [1.807, 2.05) is 0 Å². The van der Waals surface area contributed by atoms with E-state index in [1.54, 1.807) is 13.0 Å². The third kappa shape index (κ3) is 2.31. The van der Waals surface area contributed by atoms with E-state index < -0.39 is 11.7 Å². The van der Waals surface area contributed by atoms with E-state index in [9.17, 15) is 13.2 Å². The molecule has 88 valence electrons. The molecule has 16 heavy (non-hydrogen) atoms. The van der Waals surface area contributed by atoms with Crippen molar-refractivity contribution < 1.29 is 17.9 Å². The lowest BCUT2D eigenvalue weighted by Crippen LogP contribution is -2.25.